The lowest BCUT2D eigenvalue weighted by molar-refractivity contribution is -0.148. The monoisotopic (exact) mass is 753 g/mol. The molecule has 0 aliphatic heterocycles. The van der Waals surface area contributed by atoms with E-state index in [-0.39, 0.29) is 56.3 Å². The number of nitrogens with two attached hydrogens (primary N) is 1. The Bertz CT molecular complexity index is 1320. The summed E-state index contributed by atoms with van der Waals surface area (Å²) in [4.78, 5) is 91.7. The molecule has 1 aromatic rings. The normalized spacial score (nSPS) is 11.4. The van der Waals surface area contributed by atoms with Gasteiger partial charge in [-0.2, -0.15) is 0 Å². The Kier molecular flexibility index (Phi) is 26.7. The largest absolute Gasteiger partial charge is 0.481 e. The number of primary amides is 1. The number of carboxylic acids is 2. The van der Waals surface area contributed by atoms with Crippen LogP contribution in [-0.4, -0.2) is 95.5 Å². The van der Waals surface area contributed by atoms with Crippen LogP contribution in [0.5, 0.6) is 0 Å². The van der Waals surface area contributed by atoms with Crippen molar-refractivity contribution in [3.8, 4) is 0 Å². The van der Waals surface area contributed by atoms with Gasteiger partial charge in [-0.1, -0.05) is 67.5 Å². The van der Waals surface area contributed by atoms with Crippen molar-refractivity contribution < 1.29 is 53.3 Å². The quantitative estimate of drug-likeness (QED) is 0.0856. The van der Waals surface area contributed by atoms with Crippen LogP contribution in [0, 0.1) is 11.8 Å². The van der Waals surface area contributed by atoms with Crippen molar-refractivity contribution in [1.82, 2.24) is 26.6 Å². The number of carbonyl (C=O) groups is 8. The van der Waals surface area contributed by atoms with Gasteiger partial charge in [0.2, 0.25) is 23.6 Å². The summed E-state index contributed by atoms with van der Waals surface area (Å²) in [6, 6.07) is 4.43. The first-order valence-corrected chi connectivity index (χ1v) is 17.4. The summed E-state index contributed by atoms with van der Waals surface area (Å²) in [6.45, 7) is 14.2. The van der Waals surface area contributed by atoms with E-state index in [4.69, 9.17) is 20.7 Å². The maximum atomic E-state index is 12.7. The van der Waals surface area contributed by atoms with Gasteiger partial charge in [-0.25, -0.2) is 4.79 Å². The zero-order valence-corrected chi connectivity index (χ0v) is 32.0. The summed E-state index contributed by atoms with van der Waals surface area (Å²) in [5.74, 6) is -4.83. The molecule has 0 aliphatic rings. The molecule has 2 atom stereocenters. The van der Waals surface area contributed by atoms with Crippen LogP contribution in [0.25, 0.3) is 0 Å². The van der Waals surface area contributed by atoms with Gasteiger partial charge in [0, 0.05) is 31.1 Å². The zero-order valence-electron chi connectivity index (χ0n) is 32.0. The molecule has 0 saturated carbocycles. The number of anilines is 1. The van der Waals surface area contributed by atoms with Crippen molar-refractivity contribution >= 4 is 53.3 Å². The lowest BCUT2D eigenvalue weighted by atomic mass is 10.0. The summed E-state index contributed by atoms with van der Waals surface area (Å²) in [5, 5.41) is 32.2. The van der Waals surface area contributed by atoms with Crippen LogP contribution < -0.4 is 37.6 Å². The molecule has 2 unspecified atom stereocenters. The van der Waals surface area contributed by atoms with Gasteiger partial charge in [0.1, 0.15) is 12.6 Å². The maximum absolute atomic E-state index is 12.7. The Balaban J connectivity index is 0. The molecule has 18 nitrogen and oxygen atoms in total. The maximum Gasteiger partial charge on any atom is 0.312 e. The number of rotatable bonds is 20. The lowest BCUT2D eigenvalue weighted by Gasteiger charge is -2.23. The van der Waals surface area contributed by atoms with Gasteiger partial charge in [-0.15, -0.1) is 0 Å². The van der Waals surface area contributed by atoms with E-state index in [1.54, 1.807) is 58.9 Å². The molecule has 10 N–H and O–H groups in total. The second-order valence-corrected chi connectivity index (χ2v) is 12.6. The van der Waals surface area contributed by atoms with Crippen LogP contribution in [0.15, 0.2) is 24.3 Å². The summed E-state index contributed by atoms with van der Waals surface area (Å²) in [7, 11) is 0. The second-order valence-electron chi connectivity index (χ2n) is 12.6. The molecule has 0 aromatic heterocycles. The highest BCUT2D eigenvalue weighted by molar-refractivity contribution is 5.96. The smallest absolute Gasteiger partial charge is 0.312 e. The molecule has 1 aromatic carbocycles. The summed E-state index contributed by atoms with van der Waals surface area (Å²) in [6.07, 6.45) is 0.995. The van der Waals surface area contributed by atoms with Crippen LogP contribution >= 0.6 is 0 Å². The number of benzene rings is 1. The molecular weight excluding hydrogens is 694 g/mol. The number of aliphatic carboxylic acids is 2. The standard InChI is InChI=1S/C28H43N5O8.C4H10N2O.C3H6O2/c1-16(2)25(33-23(35)14-29-26(38)21(31-18(5)6)11-12-24(36)37)27(39)30-13-22(34)32-20-9-7-19(8-10-20)15-41-28(40)17(3)4;1-2-3-6-4(5)7;1-2-3(4)5/h7-10,16-18,21,25,31H,11-15H2,1-6H3,(H,29,38)(H,30,39)(H,32,34)(H,33,35)(H,36,37);2-3H2,1H3,(H3,5,6,7);2H2,1H3,(H,4,5). The van der Waals surface area contributed by atoms with Gasteiger partial charge in [0.25, 0.3) is 0 Å². The predicted octanol–water partition coefficient (Wildman–Crippen LogP) is 1.47. The van der Waals surface area contributed by atoms with Crippen LogP contribution in [0.3, 0.4) is 0 Å². The molecule has 6 amide bonds. The third-order valence-corrected chi connectivity index (χ3v) is 6.55. The average molecular weight is 754 g/mol. The average Bonchev–Trinajstić information content (AvgIpc) is 3.08. The Morgan fingerprint density at radius 3 is 1.75 bits per heavy atom. The highest BCUT2D eigenvalue weighted by Crippen LogP contribution is 2.11. The van der Waals surface area contributed by atoms with E-state index in [2.05, 4.69) is 31.9 Å². The molecule has 0 heterocycles. The highest BCUT2D eigenvalue weighted by atomic mass is 16.5. The molecule has 0 aliphatic carbocycles. The van der Waals surface area contributed by atoms with Crippen LogP contribution in [0.4, 0.5) is 10.5 Å². The van der Waals surface area contributed by atoms with Gasteiger partial charge >= 0.3 is 23.9 Å². The number of ether oxygens (including phenoxy) is 1. The first-order chi connectivity index (χ1) is 24.7. The predicted molar refractivity (Wildman–Crippen MR) is 197 cm³/mol. The summed E-state index contributed by atoms with van der Waals surface area (Å²) in [5.41, 5.74) is 5.97. The highest BCUT2D eigenvalue weighted by Gasteiger charge is 2.26. The number of carboxylic acid groups (broad SMARTS) is 2. The number of esters is 1. The number of urea groups is 1. The van der Waals surface area contributed by atoms with Crippen molar-refractivity contribution in [2.45, 2.75) is 106 Å². The topological polar surface area (TPSA) is 284 Å². The van der Waals surface area contributed by atoms with Crippen molar-refractivity contribution in [1.29, 1.82) is 0 Å². The van der Waals surface area contributed by atoms with Crippen molar-refractivity contribution in [2.75, 3.05) is 25.0 Å². The third-order valence-electron chi connectivity index (χ3n) is 6.55. The first-order valence-electron chi connectivity index (χ1n) is 17.4. The Morgan fingerprint density at radius 2 is 1.32 bits per heavy atom. The van der Waals surface area contributed by atoms with E-state index in [9.17, 15) is 38.4 Å². The van der Waals surface area contributed by atoms with Gasteiger partial charge in [-0.3, -0.25) is 33.6 Å². The van der Waals surface area contributed by atoms with Crippen LogP contribution in [0.1, 0.15) is 86.6 Å². The van der Waals surface area contributed by atoms with Gasteiger partial charge in [0.15, 0.2) is 0 Å². The number of hydrogen-bond acceptors (Lipinski definition) is 10. The van der Waals surface area contributed by atoms with Gasteiger partial charge < -0.3 is 52.6 Å². The minimum Gasteiger partial charge on any atom is -0.481 e. The fourth-order valence-corrected chi connectivity index (χ4v) is 3.75. The number of carbonyl (C=O) groups excluding carboxylic acids is 6. The molecule has 1 rings (SSSR count). The SMILES string of the molecule is CC(C)NC(CCC(=O)O)C(=O)NCC(=O)NC(C(=O)NCC(=O)Nc1ccc(COC(=O)C(C)C)cc1)C(C)C.CCC(=O)O.CCCNC(N)=O. The molecule has 0 fully saturated rings. The minimum absolute atomic E-state index is 0.0535. The van der Waals surface area contributed by atoms with Gasteiger partial charge in [-0.05, 0) is 36.5 Å². The first kappa shape index (κ1) is 49.9. The zero-order chi connectivity index (χ0) is 41.1. The molecular formula is C35H59N7O11. The van der Waals surface area contributed by atoms with E-state index < -0.39 is 60.2 Å². The molecule has 0 saturated heterocycles. The second kappa shape index (κ2) is 28.3. The fourth-order valence-electron chi connectivity index (χ4n) is 3.75. The van der Waals surface area contributed by atoms with Crippen molar-refractivity contribution in [2.24, 2.45) is 17.6 Å². The number of amides is 6. The number of hydrogen-bond donors (Lipinski definition) is 9. The summed E-state index contributed by atoms with van der Waals surface area (Å²) < 4.78 is 5.17. The lowest BCUT2D eigenvalue weighted by Crippen LogP contribution is -2.54. The van der Waals surface area contributed by atoms with Crippen molar-refractivity contribution in [3.63, 3.8) is 0 Å². The van der Waals surface area contributed by atoms with Gasteiger partial charge in [0.05, 0.1) is 25.0 Å². The summed E-state index contributed by atoms with van der Waals surface area (Å²) >= 11 is 0. The molecule has 0 bridgehead atoms. The van der Waals surface area contributed by atoms with E-state index in [1.807, 2.05) is 20.8 Å². The third kappa shape index (κ3) is 27.1. The Hall–Kier alpha value is -5.26. The molecule has 18 heteroatoms. The molecule has 300 valence electrons. The fraction of sp³-hybridized carbons (Fsp3) is 0.600. The van der Waals surface area contributed by atoms with E-state index in [1.165, 1.54) is 0 Å². The van der Waals surface area contributed by atoms with Crippen molar-refractivity contribution in [3.05, 3.63) is 29.8 Å². The number of nitrogens with one attached hydrogen (secondary N) is 6. The Labute approximate surface area is 311 Å². The minimum atomic E-state index is -1.04. The van der Waals surface area contributed by atoms with E-state index in [0.717, 1.165) is 12.0 Å². The molecule has 0 spiro atoms. The van der Waals surface area contributed by atoms with Crippen LogP contribution in [-0.2, 0) is 44.9 Å². The van der Waals surface area contributed by atoms with E-state index in [0.29, 0.717) is 12.2 Å². The van der Waals surface area contributed by atoms with E-state index >= 15 is 0 Å². The Morgan fingerprint density at radius 1 is 0.774 bits per heavy atom. The molecule has 0 radical (unpaired) electrons. The molecule has 53 heavy (non-hydrogen) atoms. The van der Waals surface area contributed by atoms with Crippen LogP contribution in [0.2, 0.25) is 0 Å².